The number of allylic oxidation sites excluding steroid dienone is 2. The van der Waals surface area contributed by atoms with E-state index in [1.54, 1.807) is 0 Å². The van der Waals surface area contributed by atoms with Crippen LogP contribution in [0.1, 0.15) is 13.3 Å². The summed E-state index contributed by atoms with van der Waals surface area (Å²) in [6.45, 7) is 4.45. The minimum Gasteiger partial charge on any atom is -0.365 e. The molecule has 0 radical (unpaired) electrons. The summed E-state index contributed by atoms with van der Waals surface area (Å²) in [5.74, 6) is 0. The van der Waals surface area contributed by atoms with Crippen LogP contribution in [0.5, 0.6) is 0 Å². The Kier molecular flexibility index (Phi) is 1.77. The van der Waals surface area contributed by atoms with Crippen molar-refractivity contribution >= 4 is 0 Å². The number of nitrogens with one attached hydrogen (secondary N) is 1. The van der Waals surface area contributed by atoms with E-state index in [1.807, 2.05) is 0 Å². The molecule has 0 spiro atoms. The first kappa shape index (κ1) is 8.30. The van der Waals surface area contributed by atoms with Gasteiger partial charge in [0.15, 0.2) is 0 Å². The molecule has 0 amide bonds. The largest absolute Gasteiger partial charge is 0.365 e. The number of piperazine rings is 1. The van der Waals surface area contributed by atoms with Crippen LogP contribution in [0.2, 0.25) is 0 Å². The van der Waals surface area contributed by atoms with E-state index in [4.69, 9.17) is 0 Å². The monoisotopic (exact) mass is 188 g/mol. The van der Waals surface area contributed by atoms with Gasteiger partial charge in [0.25, 0.3) is 0 Å². The number of rotatable bonds is 0. The molecule has 74 valence electrons. The van der Waals surface area contributed by atoms with Crippen molar-refractivity contribution in [2.45, 2.75) is 25.4 Å². The first-order chi connectivity index (χ1) is 6.84. The highest BCUT2D eigenvalue weighted by Crippen LogP contribution is 2.32. The Bertz CT molecular complexity index is 338. The van der Waals surface area contributed by atoms with Crippen molar-refractivity contribution in [1.29, 1.82) is 0 Å². The summed E-state index contributed by atoms with van der Waals surface area (Å²) in [7, 11) is 0. The van der Waals surface area contributed by atoms with Gasteiger partial charge in [-0.15, -0.1) is 0 Å². The number of hydrogen-bond acceptors (Lipinski definition) is 2. The Morgan fingerprint density at radius 1 is 1.50 bits per heavy atom. The molecule has 0 aromatic heterocycles. The predicted molar refractivity (Wildman–Crippen MR) is 57.9 cm³/mol. The first-order valence-electron chi connectivity index (χ1n) is 5.42. The summed E-state index contributed by atoms with van der Waals surface area (Å²) in [5.41, 5.74) is 2.97. The van der Waals surface area contributed by atoms with E-state index in [2.05, 4.69) is 41.4 Å². The van der Waals surface area contributed by atoms with Crippen molar-refractivity contribution in [1.82, 2.24) is 10.2 Å². The lowest BCUT2D eigenvalue weighted by Gasteiger charge is -2.37. The Hall–Kier alpha value is -1.02. The van der Waals surface area contributed by atoms with Crippen molar-refractivity contribution < 1.29 is 0 Å². The maximum absolute atomic E-state index is 3.51. The third-order valence-electron chi connectivity index (χ3n) is 3.35. The van der Waals surface area contributed by atoms with Crippen molar-refractivity contribution in [3.8, 4) is 0 Å². The van der Waals surface area contributed by atoms with Crippen molar-refractivity contribution in [2.75, 3.05) is 13.1 Å². The second-order valence-electron chi connectivity index (χ2n) is 4.42. The molecule has 3 rings (SSSR count). The molecular weight excluding hydrogens is 172 g/mol. The minimum atomic E-state index is 0.623. The van der Waals surface area contributed by atoms with Gasteiger partial charge in [0.05, 0.1) is 6.04 Å². The van der Waals surface area contributed by atoms with E-state index in [0.717, 1.165) is 13.1 Å². The van der Waals surface area contributed by atoms with Crippen LogP contribution in [0, 0.1) is 0 Å². The first-order valence-corrected chi connectivity index (χ1v) is 5.42. The SMILES string of the molecule is CC1CN2C(=CC3=CC=CCC32)CN1. The van der Waals surface area contributed by atoms with Crippen LogP contribution < -0.4 is 5.32 Å². The molecule has 1 saturated heterocycles. The molecule has 2 heterocycles. The van der Waals surface area contributed by atoms with Crippen LogP contribution in [0.3, 0.4) is 0 Å². The summed E-state index contributed by atoms with van der Waals surface area (Å²) >= 11 is 0. The van der Waals surface area contributed by atoms with Gasteiger partial charge >= 0.3 is 0 Å². The van der Waals surface area contributed by atoms with E-state index in [1.165, 1.54) is 17.7 Å². The van der Waals surface area contributed by atoms with Gasteiger partial charge in [-0.2, -0.15) is 0 Å². The topological polar surface area (TPSA) is 15.3 Å². The molecule has 0 aromatic rings. The molecule has 2 unspecified atom stereocenters. The molecule has 0 saturated carbocycles. The molecule has 1 N–H and O–H groups in total. The third kappa shape index (κ3) is 1.14. The number of nitrogens with zero attached hydrogens (tertiary/aromatic N) is 1. The second-order valence-corrected chi connectivity index (χ2v) is 4.42. The lowest BCUT2D eigenvalue weighted by Crippen LogP contribution is -2.49. The van der Waals surface area contributed by atoms with Crippen molar-refractivity contribution in [3.63, 3.8) is 0 Å². The molecule has 0 aromatic carbocycles. The van der Waals surface area contributed by atoms with Gasteiger partial charge in [-0.3, -0.25) is 0 Å². The van der Waals surface area contributed by atoms with Crippen LogP contribution in [0.4, 0.5) is 0 Å². The van der Waals surface area contributed by atoms with Gasteiger partial charge in [0, 0.05) is 24.8 Å². The summed E-state index contributed by atoms with van der Waals surface area (Å²) in [6.07, 6.45) is 10.2. The van der Waals surface area contributed by atoms with Gasteiger partial charge in [0.1, 0.15) is 0 Å². The zero-order valence-corrected chi connectivity index (χ0v) is 8.53. The van der Waals surface area contributed by atoms with Crippen LogP contribution in [0.25, 0.3) is 0 Å². The third-order valence-corrected chi connectivity index (χ3v) is 3.35. The molecule has 2 heteroatoms. The van der Waals surface area contributed by atoms with E-state index in [9.17, 15) is 0 Å². The van der Waals surface area contributed by atoms with Crippen LogP contribution in [-0.4, -0.2) is 30.1 Å². The fourth-order valence-corrected chi connectivity index (χ4v) is 2.60. The summed E-state index contributed by atoms with van der Waals surface area (Å²) in [4.78, 5) is 2.57. The van der Waals surface area contributed by atoms with Crippen molar-refractivity contribution in [2.24, 2.45) is 0 Å². The van der Waals surface area contributed by atoms with Gasteiger partial charge in [0.2, 0.25) is 0 Å². The molecule has 2 atom stereocenters. The smallest absolute Gasteiger partial charge is 0.0575 e. The zero-order chi connectivity index (χ0) is 9.54. The van der Waals surface area contributed by atoms with Gasteiger partial charge in [-0.25, -0.2) is 0 Å². The van der Waals surface area contributed by atoms with Crippen LogP contribution in [-0.2, 0) is 0 Å². The minimum absolute atomic E-state index is 0.623. The molecule has 14 heavy (non-hydrogen) atoms. The van der Waals surface area contributed by atoms with Gasteiger partial charge in [-0.1, -0.05) is 18.2 Å². The van der Waals surface area contributed by atoms with Crippen molar-refractivity contribution in [3.05, 3.63) is 35.6 Å². The highest BCUT2D eigenvalue weighted by molar-refractivity contribution is 5.42. The fourth-order valence-electron chi connectivity index (χ4n) is 2.60. The Morgan fingerprint density at radius 2 is 2.43 bits per heavy atom. The molecule has 2 aliphatic heterocycles. The predicted octanol–water partition coefficient (Wildman–Crippen LogP) is 1.43. The lowest BCUT2D eigenvalue weighted by atomic mass is 10.0. The molecule has 3 aliphatic rings. The summed E-state index contributed by atoms with van der Waals surface area (Å²) in [6, 6.07) is 1.26. The van der Waals surface area contributed by atoms with Crippen LogP contribution >= 0.6 is 0 Å². The fraction of sp³-hybridized carbons (Fsp3) is 0.500. The molecule has 0 bridgehead atoms. The van der Waals surface area contributed by atoms with Crippen LogP contribution in [0.15, 0.2) is 35.6 Å². The van der Waals surface area contributed by atoms with E-state index >= 15 is 0 Å². The quantitative estimate of drug-likeness (QED) is 0.618. The molecule has 1 fully saturated rings. The maximum Gasteiger partial charge on any atom is 0.0575 e. The van der Waals surface area contributed by atoms with E-state index in [-0.39, 0.29) is 0 Å². The Morgan fingerprint density at radius 3 is 3.36 bits per heavy atom. The Balaban J connectivity index is 1.91. The summed E-state index contributed by atoms with van der Waals surface area (Å²) < 4.78 is 0. The second kappa shape index (κ2) is 2.99. The zero-order valence-electron chi connectivity index (χ0n) is 8.53. The molecular formula is C12H16N2. The highest BCUT2D eigenvalue weighted by Gasteiger charge is 2.32. The number of hydrogen-bond donors (Lipinski definition) is 1. The maximum atomic E-state index is 3.51. The lowest BCUT2D eigenvalue weighted by molar-refractivity contribution is 0.235. The standard InChI is InChI=1S/C12H16N2/c1-9-8-14-11(7-13-9)6-10-4-2-3-5-12(10)14/h2-4,6,9,12-13H,5,7-8H2,1H3. The Labute approximate surface area is 85.0 Å². The molecule has 1 aliphatic carbocycles. The van der Waals surface area contributed by atoms with E-state index < -0.39 is 0 Å². The normalized spacial score (nSPS) is 34.8. The van der Waals surface area contributed by atoms with Gasteiger partial charge < -0.3 is 10.2 Å². The average Bonchev–Trinajstić information content (AvgIpc) is 2.56. The average molecular weight is 188 g/mol. The van der Waals surface area contributed by atoms with Gasteiger partial charge in [-0.05, 0) is 25.0 Å². The van der Waals surface area contributed by atoms with E-state index in [0.29, 0.717) is 12.1 Å². The number of fused-ring (bicyclic) bond motifs is 3. The highest BCUT2D eigenvalue weighted by atomic mass is 15.2. The summed E-state index contributed by atoms with van der Waals surface area (Å²) in [5, 5.41) is 3.51. The molecule has 2 nitrogen and oxygen atoms in total.